The number of hydrogen-bond donors (Lipinski definition) is 0. The molecule has 0 aliphatic carbocycles. The number of benzene rings is 2. The van der Waals surface area contributed by atoms with E-state index in [2.05, 4.69) is 15.0 Å². The van der Waals surface area contributed by atoms with E-state index in [1.165, 1.54) is 0 Å². The molecule has 0 amide bonds. The molecule has 5 nitrogen and oxygen atoms in total. The SMILES string of the molecule is COC1=NC(=NC2=NC(=[N-])c3ccccc32)c2ccccc21.[Li+]. The maximum atomic E-state index is 9.92. The summed E-state index contributed by atoms with van der Waals surface area (Å²) in [5.41, 5.74) is 3.28. The number of aliphatic imine (C=N–C) groups is 3. The summed E-state index contributed by atoms with van der Waals surface area (Å²) in [4.78, 5) is 13.1. The second kappa shape index (κ2) is 5.96. The second-order valence-corrected chi connectivity index (χ2v) is 4.91. The van der Waals surface area contributed by atoms with Crippen molar-refractivity contribution in [3.63, 3.8) is 0 Å². The molecule has 0 bridgehead atoms. The zero-order valence-electron chi connectivity index (χ0n) is 12.8. The van der Waals surface area contributed by atoms with Gasteiger partial charge in [0.2, 0.25) is 5.90 Å². The first-order chi connectivity index (χ1) is 10.8. The number of fused-ring (bicyclic) bond motifs is 2. The van der Waals surface area contributed by atoms with Crippen LogP contribution in [0.2, 0.25) is 0 Å². The van der Waals surface area contributed by atoms with Crippen LogP contribution < -0.4 is 18.9 Å². The van der Waals surface area contributed by atoms with Crippen LogP contribution in [0.25, 0.3) is 5.41 Å². The number of hydrogen-bond acceptors (Lipinski definition) is 2. The zero-order chi connectivity index (χ0) is 15.1. The van der Waals surface area contributed by atoms with Crippen LogP contribution in [-0.4, -0.2) is 30.5 Å². The maximum absolute atomic E-state index is 9.92. The molecule has 0 unspecified atom stereocenters. The van der Waals surface area contributed by atoms with Gasteiger partial charge in [0.05, 0.1) is 12.9 Å². The Kier molecular flexibility index (Phi) is 3.99. The summed E-state index contributed by atoms with van der Waals surface area (Å²) in [5.74, 6) is 1.52. The summed E-state index contributed by atoms with van der Waals surface area (Å²) in [7, 11) is 1.58. The molecule has 6 heteroatoms. The van der Waals surface area contributed by atoms with Crippen molar-refractivity contribution in [3.8, 4) is 0 Å². The average molecular weight is 294 g/mol. The first kappa shape index (κ1) is 15.4. The molecule has 0 fully saturated rings. The number of methoxy groups -OCH3 is 1. The van der Waals surface area contributed by atoms with E-state index < -0.39 is 0 Å². The topological polar surface area (TPSA) is 68.6 Å². The Morgan fingerprint density at radius 3 is 2.17 bits per heavy atom. The minimum atomic E-state index is -0.0165. The van der Waals surface area contributed by atoms with E-state index in [-0.39, 0.29) is 24.7 Å². The molecular weight excluding hydrogens is 283 g/mol. The van der Waals surface area contributed by atoms with Gasteiger partial charge in [0.1, 0.15) is 0 Å². The standard InChI is InChI=1S/C17H11N4O.Li/c1-22-17-13-9-5-4-8-12(13)16(21-17)20-15-11-7-3-2-6-10(11)14(18)19-15;/h2-9H,1H3;/q-1;+1. The molecule has 2 aliphatic heterocycles. The summed E-state index contributed by atoms with van der Waals surface area (Å²) in [6, 6.07) is 15.2. The molecule has 0 spiro atoms. The van der Waals surface area contributed by atoms with Gasteiger partial charge >= 0.3 is 18.9 Å². The summed E-state index contributed by atoms with van der Waals surface area (Å²) in [6.45, 7) is 0. The molecule has 2 heterocycles. The third kappa shape index (κ3) is 2.44. The quantitative estimate of drug-likeness (QED) is 0.611. The van der Waals surface area contributed by atoms with Gasteiger partial charge in [-0.05, 0) is 11.6 Å². The molecule has 106 valence electrons. The van der Waals surface area contributed by atoms with Crippen LogP contribution in [0.5, 0.6) is 0 Å². The van der Waals surface area contributed by atoms with Gasteiger partial charge in [-0.15, -0.1) is 0 Å². The van der Waals surface area contributed by atoms with E-state index >= 15 is 0 Å². The van der Waals surface area contributed by atoms with Gasteiger partial charge in [-0.1, -0.05) is 48.3 Å². The smallest absolute Gasteiger partial charge is 0.480 e. The summed E-state index contributed by atoms with van der Waals surface area (Å²) >= 11 is 0. The van der Waals surface area contributed by atoms with Crippen LogP contribution in [-0.2, 0) is 4.74 Å². The third-order valence-corrected chi connectivity index (χ3v) is 3.63. The Morgan fingerprint density at radius 1 is 0.870 bits per heavy atom. The molecule has 0 saturated carbocycles. The van der Waals surface area contributed by atoms with Crippen LogP contribution >= 0.6 is 0 Å². The van der Waals surface area contributed by atoms with Crippen molar-refractivity contribution < 1.29 is 23.6 Å². The Bertz CT molecular complexity index is 899. The first-order valence-corrected chi connectivity index (χ1v) is 6.83. The molecular formula is C17H11LiN4O. The van der Waals surface area contributed by atoms with Crippen molar-refractivity contribution in [3.05, 3.63) is 76.2 Å². The van der Waals surface area contributed by atoms with Crippen molar-refractivity contribution in [1.82, 2.24) is 0 Å². The van der Waals surface area contributed by atoms with Crippen molar-refractivity contribution in [1.29, 1.82) is 0 Å². The Balaban J connectivity index is 0.00000156. The summed E-state index contributed by atoms with van der Waals surface area (Å²) in [6.07, 6.45) is 0. The van der Waals surface area contributed by atoms with Gasteiger partial charge in [-0.25, -0.2) is 4.99 Å². The second-order valence-electron chi connectivity index (χ2n) is 4.91. The number of ether oxygens (including phenoxy) is 1. The number of nitrogens with zero attached hydrogens (tertiary/aromatic N) is 4. The van der Waals surface area contributed by atoms with Crippen molar-refractivity contribution in [2.45, 2.75) is 0 Å². The van der Waals surface area contributed by atoms with Gasteiger partial charge in [0.25, 0.3) is 0 Å². The van der Waals surface area contributed by atoms with E-state index in [1.54, 1.807) is 7.11 Å². The normalized spacial score (nSPS) is 16.4. The van der Waals surface area contributed by atoms with Gasteiger partial charge in [0.15, 0.2) is 5.84 Å². The Hall–Kier alpha value is -2.48. The molecule has 0 saturated heterocycles. The van der Waals surface area contributed by atoms with E-state index in [4.69, 9.17) is 4.74 Å². The summed E-state index contributed by atoms with van der Waals surface area (Å²) < 4.78 is 5.30. The van der Waals surface area contributed by atoms with Crippen LogP contribution in [0.1, 0.15) is 22.3 Å². The molecule has 2 aliphatic rings. The van der Waals surface area contributed by atoms with E-state index in [0.717, 1.165) is 16.7 Å². The van der Waals surface area contributed by atoms with Gasteiger partial charge in [0, 0.05) is 16.7 Å². The van der Waals surface area contributed by atoms with Crippen LogP contribution in [0.15, 0.2) is 63.5 Å². The largest absolute Gasteiger partial charge is 1.00 e. The molecule has 0 radical (unpaired) electrons. The van der Waals surface area contributed by atoms with Crippen LogP contribution in [0.4, 0.5) is 0 Å². The molecule has 0 atom stereocenters. The van der Waals surface area contributed by atoms with Crippen molar-refractivity contribution >= 4 is 23.4 Å². The van der Waals surface area contributed by atoms with E-state index in [0.29, 0.717) is 23.1 Å². The van der Waals surface area contributed by atoms with E-state index in [1.807, 2.05) is 48.5 Å². The predicted octanol–water partition coefficient (Wildman–Crippen LogP) is -0.380. The zero-order valence-corrected chi connectivity index (χ0v) is 12.8. The molecule has 0 aromatic heterocycles. The van der Waals surface area contributed by atoms with E-state index in [9.17, 15) is 5.41 Å². The number of rotatable bonds is 0. The monoisotopic (exact) mass is 294 g/mol. The predicted molar refractivity (Wildman–Crippen MR) is 87.0 cm³/mol. The van der Waals surface area contributed by atoms with Crippen molar-refractivity contribution in [2.24, 2.45) is 15.0 Å². The maximum Gasteiger partial charge on any atom is 1.00 e. The minimum Gasteiger partial charge on any atom is -0.480 e. The van der Waals surface area contributed by atoms with Crippen molar-refractivity contribution in [2.75, 3.05) is 7.11 Å². The molecule has 2 aromatic rings. The van der Waals surface area contributed by atoms with Crippen LogP contribution in [0.3, 0.4) is 0 Å². The summed E-state index contributed by atoms with van der Waals surface area (Å²) in [5, 5.41) is 9.92. The van der Waals surface area contributed by atoms with Crippen LogP contribution in [0, 0.1) is 0 Å². The fraction of sp³-hybridized carbons (Fsp3) is 0.0588. The minimum absolute atomic E-state index is 0. The number of amidine groups is 3. The Labute approximate surface area is 145 Å². The molecule has 0 N–H and O–H groups in total. The first-order valence-electron chi connectivity index (χ1n) is 6.83. The van der Waals surface area contributed by atoms with Gasteiger partial charge < -0.3 is 15.1 Å². The average Bonchev–Trinajstić information content (AvgIpc) is 3.07. The molecule has 4 rings (SSSR count). The van der Waals surface area contributed by atoms with Gasteiger partial charge in [-0.3, -0.25) is 0 Å². The third-order valence-electron chi connectivity index (χ3n) is 3.63. The molecule has 23 heavy (non-hydrogen) atoms. The Morgan fingerprint density at radius 2 is 1.48 bits per heavy atom. The fourth-order valence-electron chi connectivity index (χ4n) is 2.60. The molecule has 2 aromatic carbocycles. The fourth-order valence-corrected chi connectivity index (χ4v) is 2.60. The van der Waals surface area contributed by atoms with Gasteiger partial charge in [-0.2, -0.15) is 4.99 Å².